The molecule has 3 nitrogen and oxygen atoms in total. The number of aryl methyl sites for hydroxylation is 3. The molecule has 1 aliphatic heterocycles. The summed E-state index contributed by atoms with van der Waals surface area (Å²) < 4.78 is 2.30. The van der Waals surface area contributed by atoms with Gasteiger partial charge in [0.15, 0.2) is 0 Å². The molecular weight excluding hydrogens is 260 g/mol. The lowest BCUT2D eigenvalue weighted by molar-refractivity contribution is -0.558. The van der Waals surface area contributed by atoms with Gasteiger partial charge in [-0.3, -0.25) is 4.58 Å². The van der Waals surface area contributed by atoms with Gasteiger partial charge < -0.3 is 5.11 Å². The van der Waals surface area contributed by atoms with E-state index in [9.17, 15) is 5.11 Å². The van der Waals surface area contributed by atoms with E-state index in [2.05, 4.69) is 62.6 Å². The Morgan fingerprint density at radius 1 is 1.19 bits per heavy atom. The van der Waals surface area contributed by atoms with Crippen LogP contribution >= 0.6 is 0 Å². The van der Waals surface area contributed by atoms with Gasteiger partial charge in [-0.05, 0) is 44.2 Å². The quantitative estimate of drug-likeness (QED) is 0.844. The van der Waals surface area contributed by atoms with Gasteiger partial charge in [0.25, 0.3) is 0 Å². The van der Waals surface area contributed by atoms with Gasteiger partial charge in [-0.15, -0.1) is 0 Å². The predicted molar refractivity (Wildman–Crippen MR) is 89.5 cm³/mol. The van der Waals surface area contributed by atoms with E-state index in [-0.39, 0.29) is 12.6 Å². The summed E-state index contributed by atoms with van der Waals surface area (Å²) in [7, 11) is 0. The minimum Gasteiger partial charge on any atom is -0.392 e. The van der Waals surface area contributed by atoms with E-state index in [0.29, 0.717) is 5.92 Å². The molecule has 21 heavy (non-hydrogen) atoms. The van der Waals surface area contributed by atoms with E-state index in [1.807, 2.05) is 0 Å². The molecule has 1 aromatic carbocycles. The largest absolute Gasteiger partial charge is 0.392 e. The lowest BCUT2D eigenvalue weighted by Crippen LogP contribution is -2.30. The minimum atomic E-state index is 0.231. The SMILES string of the molecule is Cc1cc(C)c(N2C=[N+](C(CO)CC(C)C)CC2)c(C)c1. The number of rotatable bonds is 5. The van der Waals surface area contributed by atoms with Crippen LogP contribution in [0, 0.1) is 26.7 Å². The van der Waals surface area contributed by atoms with Crippen molar-refractivity contribution >= 4 is 12.0 Å². The molecular formula is C18H29N2O+. The Hall–Kier alpha value is -1.35. The number of benzene rings is 1. The summed E-state index contributed by atoms with van der Waals surface area (Å²) >= 11 is 0. The first-order valence-electron chi connectivity index (χ1n) is 7.98. The smallest absolute Gasteiger partial charge is 0.239 e. The van der Waals surface area contributed by atoms with Crippen molar-refractivity contribution in [2.24, 2.45) is 5.92 Å². The molecule has 1 heterocycles. The summed E-state index contributed by atoms with van der Waals surface area (Å²) in [6.45, 7) is 13.2. The summed E-state index contributed by atoms with van der Waals surface area (Å²) in [5.41, 5.74) is 5.30. The van der Waals surface area contributed by atoms with Crippen molar-refractivity contribution in [1.82, 2.24) is 0 Å². The number of nitrogens with zero attached hydrogens (tertiary/aromatic N) is 2. The molecule has 3 heteroatoms. The van der Waals surface area contributed by atoms with E-state index in [4.69, 9.17) is 0 Å². The van der Waals surface area contributed by atoms with E-state index < -0.39 is 0 Å². The highest BCUT2D eigenvalue weighted by Crippen LogP contribution is 2.26. The van der Waals surface area contributed by atoms with Gasteiger partial charge in [-0.1, -0.05) is 31.5 Å². The topological polar surface area (TPSA) is 26.5 Å². The van der Waals surface area contributed by atoms with Gasteiger partial charge in [0.2, 0.25) is 6.34 Å². The summed E-state index contributed by atoms with van der Waals surface area (Å²) in [5, 5.41) is 9.66. The lowest BCUT2D eigenvalue weighted by atomic mass is 10.0. The van der Waals surface area contributed by atoms with Crippen LogP contribution in [0.2, 0.25) is 0 Å². The summed E-state index contributed by atoms with van der Waals surface area (Å²) in [6, 6.07) is 4.73. The molecule has 1 N–H and O–H groups in total. The number of hydrogen-bond donors (Lipinski definition) is 1. The predicted octanol–water partition coefficient (Wildman–Crippen LogP) is 2.88. The fourth-order valence-electron chi connectivity index (χ4n) is 3.45. The molecule has 0 fully saturated rings. The van der Waals surface area contributed by atoms with E-state index in [1.165, 1.54) is 22.4 Å². The van der Waals surface area contributed by atoms with Crippen molar-refractivity contribution < 1.29 is 9.68 Å². The zero-order valence-electron chi connectivity index (χ0n) is 14.1. The van der Waals surface area contributed by atoms with Gasteiger partial charge >= 0.3 is 0 Å². The average Bonchev–Trinajstić information content (AvgIpc) is 2.83. The number of hydrogen-bond acceptors (Lipinski definition) is 2. The monoisotopic (exact) mass is 289 g/mol. The summed E-state index contributed by atoms with van der Waals surface area (Å²) in [5.74, 6) is 0.604. The summed E-state index contributed by atoms with van der Waals surface area (Å²) in [6.07, 6.45) is 3.24. The normalized spacial score (nSPS) is 16.5. The number of anilines is 1. The highest BCUT2D eigenvalue weighted by Gasteiger charge is 2.28. The standard InChI is InChI=1S/C18H29N2O/c1-13(2)8-17(11-21)19-6-7-20(12-19)18-15(4)9-14(3)10-16(18)5/h9-10,12-13,17,21H,6-8,11H2,1-5H3/q+1. The maximum atomic E-state index is 9.66. The van der Waals surface area contributed by atoms with Crippen LogP contribution in [0.5, 0.6) is 0 Å². The fourth-order valence-corrected chi connectivity index (χ4v) is 3.45. The van der Waals surface area contributed by atoms with Crippen LogP contribution in [0.25, 0.3) is 0 Å². The van der Waals surface area contributed by atoms with Crippen molar-refractivity contribution in [3.8, 4) is 0 Å². The van der Waals surface area contributed by atoms with Gasteiger partial charge in [0.1, 0.15) is 24.8 Å². The third kappa shape index (κ3) is 3.65. The second-order valence-electron chi connectivity index (χ2n) is 6.76. The molecule has 0 radical (unpaired) electrons. The van der Waals surface area contributed by atoms with Crippen LogP contribution in [-0.2, 0) is 0 Å². The van der Waals surface area contributed by atoms with E-state index in [0.717, 1.165) is 19.5 Å². The molecule has 2 rings (SSSR count). The Bertz CT molecular complexity index is 511. The van der Waals surface area contributed by atoms with Crippen molar-refractivity contribution in [1.29, 1.82) is 0 Å². The third-order valence-corrected chi connectivity index (χ3v) is 4.23. The Balaban J connectivity index is 2.24. The third-order valence-electron chi connectivity index (χ3n) is 4.23. The Morgan fingerprint density at radius 3 is 2.33 bits per heavy atom. The average molecular weight is 289 g/mol. The molecule has 1 atom stereocenters. The molecule has 1 unspecified atom stereocenters. The van der Waals surface area contributed by atoms with Crippen molar-refractivity contribution in [2.75, 3.05) is 24.6 Å². The first kappa shape index (κ1) is 16.0. The van der Waals surface area contributed by atoms with Crippen molar-refractivity contribution in [3.63, 3.8) is 0 Å². The highest BCUT2D eigenvalue weighted by molar-refractivity contribution is 5.81. The van der Waals surface area contributed by atoms with Crippen LogP contribution < -0.4 is 4.90 Å². The Kier molecular flexibility index (Phi) is 5.04. The first-order valence-corrected chi connectivity index (χ1v) is 7.98. The summed E-state index contributed by atoms with van der Waals surface area (Å²) in [4.78, 5) is 2.34. The van der Waals surface area contributed by atoms with Gasteiger partial charge in [0.05, 0.1) is 6.61 Å². The van der Waals surface area contributed by atoms with E-state index >= 15 is 0 Å². The minimum absolute atomic E-state index is 0.231. The van der Waals surface area contributed by atoms with Crippen LogP contribution in [-0.4, -0.2) is 41.8 Å². The van der Waals surface area contributed by atoms with E-state index in [1.54, 1.807) is 0 Å². The van der Waals surface area contributed by atoms with Gasteiger partial charge in [-0.2, -0.15) is 0 Å². The second kappa shape index (κ2) is 6.61. The molecule has 0 amide bonds. The molecule has 1 aromatic rings. The molecule has 0 spiro atoms. The van der Waals surface area contributed by atoms with Crippen molar-refractivity contribution in [3.05, 3.63) is 28.8 Å². The number of aliphatic hydroxyl groups is 1. The zero-order valence-corrected chi connectivity index (χ0v) is 14.1. The first-order chi connectivity index (χ1) is 9.92. The highest BCUT2D eigenvalue weighted by atomic mass is 16.3. The van der Waals surface area contributed by atoms with Crippen LogP contribution in [0.4, 0.5) is 5.69 Å². The van der Waals surface area contributed by atoms with Crippen molar-refractivity contribution in [2.45, 2.75) is 47.1 Å². The Labute approximate surface area is 128 Å². The zero-order chi connectivity index (χ0) is 15.6. The molecule has 1 aliphatic rings. The maximum absolute atomic E-state index is 9.66. The molecule has 0 bridgehead atoms. The van der Waals surface area contributed by atoms with Gasteiger partial charge in [0, 0.05) is 0 Å². The molecule has 0 aromatic heterocycles. The lowest BCUT2D eigenvalue weighted by Gasteiger charge is -2.16. The molecule has 0 saturated heterocycles. The molecule has 0 saturated carbocycles. The van der Waals surface area contributed by atoms with Crippen LogP contribution in [0.3, 0.4) is 0 Å². The Morgan fingerprint density at radius 2 is 1.81 bits per heavy atom. The maximum Gasteiger partial charge on any atom is 0.239 e. The number of aliphatic hydroxyl groups excluding tert-OH is 1. The van der Waals surface area contributed by atoms with Crippen LogP contribution in [0.1, 0.15) is 37.0 Å². The second-order valence-corrected chi connectivity index (χ2v) is 6.76. The molecule has 116 valence electrons. The van der Waals surface area contributed by atoms with Crippen LogP contribution in [0.15, 0.2) is 12.1 Å². The van der Waals surface area contributed by atoms with Gasteiger partial charge in [-0.25, -0.2) is 4.90 Å². The molecule has 0 aliphatic carbocycles. The fraction of sp³-hybridized carbons (Fsp3) is 0.611.